The highest BCUT2D eigenvalue weighted by Gasteiger charge is 2.43. The first-order valence-corrected chi connectivity index (χ1v) is 23.8. The molecule has 0 aliphatic rings. The lowest BCUT2D eigenvalue weighted by molar-refractivity contribution is 1.17. The van der Waals surface area contributed by atoms with Gasteiger partial charge in [0.25, 0.3) is 0 Å². The summed E-state index contributed by atoms with van der Waals surface area (Å²) in [6.45, 7) is 0. The monoisotopic (exact) mass is 818 g/mol. The van der Waals surface area contributed by atoms with Crippen molar-refractivity contribution in [3.05, 3.63) is 255 Å². The molecule has 2 nitrogen and oxygen atoms in total. The highest BCUT2D eigenvalue weighted by molar-refractivity contribution is 7.20. The topological polar surface area (TPSA) is 9.86 Å². The van der Waals surface area contributed by atoms with Crippen molar-refractivity contribution in [2.45, 2.75) is 0 Å². The number of nitrogens with zero attached hydrogens (tertiary/aromatic N) is 2. The van der Waals surface area contributed by atoms with Gasteiger partial charge in [0, 0.05) is 32.8 Å². The zero-order chi connectivity index (χ0) is 41.7. The van der Waals surface area contributed by atoms with E-state index in [4.69, 9.17) is 0 Å². The van der Waals surface area contributed by atoms with Crippen molar-refractivity contribution in [2.75, 3.05) is 0 Å². The molecule has 0 aliphatic heterocycles. The van der Waals surface area contributed by atoms with Crippen molar-refractivity contribution in [3.63, 3.8) is 0 Å². The highest BCUT2D eigenvalue weighted by Crippen LogP contribution is 2.44. The molecule has 12 aromatic rings. The second-order valence-corrected chi connectivity index (χ2v) is 20.2. The Bertz CT molecular complexity index is 3500. The fourth-order valence-electron chi connectivity index (χ4n) is 10.4. The zero-order valence-electron chi connectivity index (χ0n) is 34.6. The summed E-state index contributed by atoms with van der Waals surface area (Å²) in [5.41, 5.74) is 11.8. The number of aromatic nitrogens is 2. The molecule has 0 bridgehead atoms. The number of hydrogen-bond donors (Lipinski definition) is 0. The minimum Gasteiger partial charge on any atom is -0.309 e. The summed E-state index contributed by atoms with van der Waals surface area (Å²) in [6.07, 6.45) is 0. The van der Waals surface area contributed by atoms with Gasteiger partial charge in [-0.05, 0) is 67.8 Å². The van der Waals surface area contributed by atoms with Crippen molar-refractivity contribution in [2.24, 2.45) is 0 Å². The Kier molecular flexibility index (Phi) is 8.87. The normalized spacial score (nSPS) is 11.8. The van der Waals surface area contributed by atoms with Crippen molar-refractivity contribution in [1.29, 1.82) is 0 Å². The summed E-state index contributed by atoms with van der Waals surface area (Å²) in [7, 11) is -2.99. The molecule has 2 aromatic heterocycles. The molecule has 0 saturated heterocycles. The van der Waals surface area contributed by atoms with E-state index in [1.165, 1.54) is 86.6 Å². The lowest BCUT2D eigenvalue weighted by atomic mass is 10.00. The van der Waals surface area contributed by atoms with Crippen LogP contribution in [0.25, 0.3) is 77.2 Å². The predicted octanol–water partition coefficient (Wildman–Crippen LogP) is 12.6. The number of benzene rings is 10. The highest BCUT2D eigenvalue weighted by atomic mass is 28.3. The Morgan fingerprint density at radius 1 is 0.302 bits per heavy atom. The van der Waals surface area contributed by atoms with Gasteiger partial charge in [-0.3, -0.25) is 0 Å². The Morgan fingerprint density at radius 2 is 0.778 bits per heavy atom. The van der Waals surface area contributed by atoms with E-state index in [0.29, 0.717) is 0 Å². The van der Waals surface area contributed by atoms with Crippen molar-refractivity contribution in [3.8, 4) is 33.6 Å². The van der Waals surface area contributed by atoms with Crippen LogP contribution in [0.3, 0.4) is 0 Å². The van der Waals surface area contributed by atoms with Crippen LogP contribution in [0.1, 0.15) is 0 Å². The molecule has 0 unspecified atom stereocenters. The van der Waals surface area contributed by atoms with E-state index in [0.717, 1.165) is 11.4 Å². The molecule has 10 aromatic carbocycles. The molecule has 0 N–H and O–H groups in total. The van der Waals surface area contributed by atoms with Gasteiger partial charge in [0.1, 0.15) is 0 Å². The zero-order valence-corrected chi connectivity index (χ0v) is 35.6. The van der Waals surface area contributed by atoms with Gasteiger partial charge in [0.05, 0.1) is 27.8 Å². The van der Waals surface area contributed by atoms with Gasteiger partial charge in [-0.25, -0.2) is 0 Å². The molecule has 12 rings (SSSR count). The average Bonchev–Trinajstić information content (AvgIpc) is 3.90. The molecule has 2 heterocycles. The van der Waals surface area contributed by atoms with E-state index in [9.17, 15) is 0 Å². The minimum absolute atomic E-state index is 1.13. The maximum atomic E-state index is 2.62. The molecule has 0 spiro atoms. The molecule has 0 radical (unpaired) electrons. The third-order valence-corrected chi connectivity index (χ3v) is 17.9. The van der Waals surface area contributed by atoms with E-state index < -0.39 is 8.07 Å². The molecule has 63 heavy (non-hydrogen) atoms. The molecule has 0 atom stereocenters. The van der Waals surface area contributed by atoms with Gasteiger partial charge in [-0.1, -0.05) is 224 Å². The van der Waals surface area contributed by atoms with Crippen molar-refractivity contribution < 1.29 is 0 Å². The van der Waals surface area contributed by atoms with Crippen LogP contribution in [0.5, 0.6) is 0 Å². The van der Waals surface area contributed by atoms with Crippen LogP contribution in [-0.2, 0) is 0 Å². The molecule has 0 saturated carbocycles. The van der Waals surface area contributed by atoms with Crippen LogP contribution in [-0.4, -0.2) is 17.2 Å². The van der Waals surface area contributed by atoms with Gasteiger partial charge >= 0.3 is 0 Å². The molecule has 3 heteroatoms. The molecular formula is C60H42N2Si. The van der Waals surface area contributed by atoms with Crippen LogP contribution in [0, 0.1) is 0 Å². The van der Waals surface area contributed by atoms with Crippen molar-refractivity contribution in [1.82, 2.24) is 9.13 Å². The fraction of sp³-hybridized carbons (Fsp3) is 0. The summed E-state index contributed by atoms with van der Waals surface area (Å²) < 4.78 is 5.12. The number of rotatable bonds is 8. The Morgan fingerprint density at radius 3 is 1.40 bits per heavy atom. The Labute approximate surface area is 368 Å². The maximum Gasteiger partial charge on any atom is 0.181 e. The number of fused-ring (bicyclic) bond motifs is 6. The summed E-state index contributed by atoms with van der Waals surface area (Å²) in [6, 6.07) is 94.4. The second-order valence-electron chi connectivity index (χ2n) is 16.4. The fourth-order valence-corrected chi connectivity index (χ4v) is 15.4. The van der Waals surface area contributed by atoms with Crippen LogP contribution in [0.15, 0.2) is 255 Å². The first kappa shape index (κ1) is 36.8. The van der Waals surface area contributed by atoms with E-state index in [2.05, 4.69) is 264 Å². The smallest absolute Gasteiger partial charge is 0.181 e. The lowest BCUT2D eigenvalue weighted by Crippen LogP contribution is -2.75. The third-order valence-electron chi connectivity index (χ3n) is 13.1. The summed E-state index contributed by atoms with van der Waals surface area (Å²) in [4.78, 5) is 0. The van der Waals surface area contributed by atoms with Crippen molar-refractivity contribution >= 4 is 72.4 Å². The van der Waals surface area contributed by atoms with Crippen LogP contribution >= 0.6 is 0 Å². The van der Waals surface area contributed by atoms with Gasteiger partial charge in [-0.2, -0.15) is 0 Å². The van der Waals surface area contributed by atoms with Crippen LogP contribution < -0.4 is 20.7 Å². The Balaban J connectivity index is 1.27. The second kappa shape index (κ2) is 15.2. The quantitative estimate of drug-likeness (QED) is 0.107. The van der Waals surface area contributed by atoms with Gasteiger partial charge < -0.3 is 9.13 Å². The molecule has 0 fully saturated rings. The molecule has 296 valence electrons. The predicted molar refractivity (Wildman–Crippen MR) is 270 cm³/mol. The van der Waals surface area contributed by atoms with Gasteiger partial charge in [-0.15, -0.1) is 0 Å². The third kappa shape index (κ3) is 5.78. The van der Waals surface area contributed by atoms with Gasteiger partial charge in [0.2, 0.25) is 0 Å². The molecule has 0 aliphatic carbocycles. The maximum absolute atomic E-state index is 2.99. The average molecular weight is 819 g/mol. The van der Waals surface area contributed by atoms with E-state index in [1.807, 2.05) is 0 Å². The standard InChI is InChI=1S/C60H42N2Si/c1-6-22-43(23-7-1)45-26-20-27-46(42-45)61-55-38-19-17-35-53(55)58-56(41-40-50(60(58)61)44-24-8-2-9-25-44)62-54-37-18-16-34-51(54)52-36-21-39-57(59(52)62)63(47-28-10-3-11-29-47,48-30-12-4-13-31-48)49-32-14-5-15-33-49/h1-42H. The van der Waals surface area contributed by atoms with Gasteiger partial charge in [0.15, 0.2) is 8.07 Å². The van der Waals surface area contributed by atoms with E-state index in [1.54, 1.807) is 0 Å². The van der Waals surface area contributed by atoms with E-state index >= 15 is 0 Å². The van der Waals surface area contributed by atoms with Crippen LogP contribution in [0.4, 0.5) is 0 Å². The first-order valence-electron chi connectivity index (χ1n) is 21.8. The molecule has 0 amide bonds. The Hall–Kier alpha value is -7.98. The SMILES string of the molecule is c1ccc(-c2cccc(-n3c4ccccc4c4c(-n5c6ccccc6c6cccc([Si](c7ccccc7)(c7ccccc7)c7ccccc7)c65)ccc(-c5ccccc5)c43)c2)cc1. The first-order chi connectivity index (χ1) is 31.3. The minimum atomic E-state index is -2.99. The largest absolute Gasteiger partial charge is 0.309 e. The summed E-state index contributed by atoms with van der Waals surface area (Å²) in [5, 5.41) is 10.4. The lowest BCUT2D eigenvalue weighted by Gasteiger charge is -2.35. The number of hydrogen-bond acceptors (Lipinski definition) is 0. The summed E-state index contributed by atoms with van der Waals surface area (Å²) in [5.74, 6) is 0. The summed E-state index contributed by atoms with van der Waals surface area (Å²) >= 11 is 0. The number of para-hydroxylation sites is 3. The molecular weight excluding hydrogens is 777 g/mol. The van der Waals surface area contributed by atoms with Crippen LogP contribution in [0.2, 0.25) is 0 Å². The van der Waals surface area contributed by atoms with E-state index in [-0.39, 0.29) is 0 Å².